The van der Waals surface area contributed by atoms with Gasteiger partial charge in [-0.15, -0.1) is 0 Å². The smallest absolute Gasteiger partial charge is 0.142 e. The van der Waals surface area contributed by atoms with Crippen molar-refractivity contribution in [1.29, 1.82) is 0 Å². The fourth-order valence-corrected chi connectivity index (χ4v) is 2.54. The molecule has 12 heavy (non-hydrogen) atoms. The molecule has 0 fully saturated rings. The van der Waals surface area contributed by atoms with Gasteiger partial charge in [-0.05, 0) is 6.07 Å². The van der Waals surface area contributed by atoms with Crippen LogP contribution in [-0.4, -0.2) is 11.5 Å². The largest absolute Gasteiger partial charge is 0.292 e. The van der Waals surface area contributed by atoms with Crippen molar-refractivity contribution in [2.45, 2.75) is 19.3 Å². The Kier molecular flexibility index (Phi) is 1.65. The second kappa shape index (κ2) is 2.46. The normalized spacial score (nSPS) is 19.4. The summed E-state index contributed by atoms with van der Waals surface area (Å²) in [6.45, 7) is 5.45. The highest BCUT2D eigenvalue weighted by molar-refractivity contribution is 9.10. The number of rotatable bonds is 0. The standard InChI is InChI=1S/C9H11BrN2/c1-9(2)6-12(10)8-7(9)4-3-5-11-8/h3-5H,6H2,1-2H3. The van der Waals surface area contributed by atoms with Gasteiger partial charge >= 0.3 is 0 Å². The Balaban J connectivity index is 2.58. The van der Waals surface area contributed by atoms with Crippen molar-refractivity contribution in [3.05, 3.63) is 23.9 Å². The maximum absolute atomic E-state index is 4.31. The van der Waals surface area contributed by atoms with Crippen molar-refractivity contribution in [1.82, 2.24) is 4.98 Å². The monoisotopic (exact) mass is 226 g/mol. The quantitative estimate of drug-likeness (QED) is 0.633. The lowest BCUT2D eigenvalue weighted by Crippen LogP contribution is -2.21. The summed E-state index contributed by atoms with van der Waals surface area (Å²) in [6.07, 6.45) is 1.83. The van der Waals surface area contributed by atoms with Crippen LogP contribution in [-0.2, 0) is 5.41 Å². The molecule has 0 amide bonds. The third-order valence-corrected chi connectivity index (χ3v) is 2.87. The van der Waals surface area contributed by atoms with Gasteiger partial charge in [0.05, 0.1) is 16.1 Å². The molecule has 0 aromatic carbocycles. The van der Waals surface area contributed by atoms with E-state index in [1.807, 2.05) is 16.2 Å². The Morgan fingerprint density at radius 2 is 2.33 bits per heavy atom. The van der Waals surface area contributed by atoms with Crippen molar-refractivity contribution in [2.75, 3.05) is 10.5 Å². The maximum Gasteiger partial charge on any atom is 0.142 e. The molecule has 0 saturated carbocycles. The molecular formula is C9H11BrN2. The van der Waals surface area contributed by atoms with E-state index in [0.717, 1.165) is 12.4 Å². The van der Waals surface area contributed by atoms with Gasteiger partial charge in [0.2, 0.25) is 0 Å². The summed E-state index contributed by atoms with van der Waals surface area (Å²) < 4.78 is 2.03. The maximum atomic E-state index is 4.31. The summed E-state index contributed by atoms with van der Waals surface area (Å²) in [5.41, 5.74) is 1.54. The summed E-state index contributed by atoms with van der Waals surface area (Å²) in [5, 5.41) is 0. The molecule has 0 bridgehead atoms. The van der Waals surface area contributed by atoms with Gasteiger partial charge in [0.25, 0.3) is 0 Å². The highest BCUT2D eigenvalue weighted by Gasteiger charge is 2.34. The van der Waals surface area contributed by atoms with E-state index < -0.39 is 0 Å². The minimum absolute atomic E-state index is 0.215. The van der Waals surface area contributed by atoms with Gasteiger partial charge in [-0.3, -0.25) is 3.93 Å². The molecule has 1 aliphatic rings. The van der Waals surface area contributed by atoms with Crippen LogP contribution in [0.25, 0.3) is 0 Å². The number of nitrogens with zero attached hydrogens (tertiary/aromatic N) is 2. The van der Waals surface area contributed by atoms with Gasteiger partial charge in [0, 0.05) is 23.7 Å². The highest BCUT2D eigenvalue weighted by atomic mass is 79.9. The first kappa shape index (κ1) is 8.05. The van der Waals surface area contributed by atoms with Crippen LogP contribution < -0.4 is 3.93 Å². The minimum Gasteiger partial charge on any atom is -0.292 e. The van der Waals surface area contributed by atoms with E-state index in [1.165, 1.54) is 5.56 Å². The van der Waals surface area contributed by atoms with Gasteiger partial charge < -0.3 is 0 Å². The Labute approximate surface area is 80.9 Å². The van der Waals surface area contributed by atoms with Crippen LogP contribution in [0, 0.1) is 0 Å². The average Bonchev–Trinajstić information content (AvgIpc) is 2.25. The lowest BCUT2D eigenvalue weighted by Gasteiger charge is -2.16. The molecule has 64 valence electrons. The van der Waals surface area contributed by atoms with Crippen LogP contribution in [0.4, 0.5) is 5.82 Å². The molecule has 0 atom stereocenters. The molecule has 0 saturated heterocycles. The van der Waals surface area contributed by atoms with E-state index in [1.54, 1.807) is 0 Å². The summed E-state index contributed by atoms with van der Waals surface area (Å²) in [5.74, 6) is 1.06. The molecule has 1 aliphatic heterocycles. The second-order valence-corrected chi connectivity index (χ2v) is 4.63. The third kappa shape index (κ3) is 1.04. The van der Waals surface area contributed by atoms with Gasteiger partial charge in [-0.25, -0.2) is 4.98 Å². The molecule has 3 heteroatoms. The number of aromatic nitrogens is 1. The van der Waals surface area contributed by atoms with Crippen LogP contribution >= 0.6 is 16.1 Å². The summed E-state index contributed by atoms with van der Waals surface area (Å²) in [6, 6.07) is 4.14. The molecule has 1 aromatic rings. The van der Waals surface area contributed by atoms with Crippen molar-refractivity contribution < 1.29 is 0 Å². The lowest BCUT2D eigenvalue weighted by molar-refractivity contribution is 0.578. The fourth-order valence-electron chi connectivity index (χ4n) is 1.63. The van der Waals surface area contributed by atoms with E-state index in [0.29, 0.717) is 0 Å². The van der Waals surface area contributed by atoms with Crippen molar-refractivity contribution in [3.8, 4) is 0 Å². The number of hydrogen-bond donors (Lipinski definition) is 0. The number of anilines is 1. The Hall–Kier alpha value is -0.570. The molecule has 2 nitrogen and oxygen atoms in total. The predicted octanol–water partition coefficient (Wildman–Crippen LogP) is 2.49. The van der Waals surface area contributed by atoms with Crippen molar-refractivity contribution in [2.24, 2.45) is 0 Å². The molecule has 0 unspecified atom stereocenters. The first-order chi connectivity index (χ1) is 5.61. The highest BCUT2D eigenvalue weighted by Crippen LogP contribution is 2.39. The summed E-state index contributed by atoms with van der Waals surface area (Å²) in [7, 11) is 0. The van der Waals surface area contributed by atoms with Gasteiger partial charge in [0.1, 0.15) is 5.82 Å². The summed E-state index contributed by atoms with van der Waals surface area (Å²) >= 11 is 3.48. The van der Waals surface area contributed by atoms with Crippen molar-refractivity contribution >= 4 is 22.0 Å². The molecule has 2 rings (SSSR count). The Bertz CT molecular complexity index is 309. The van der Waals surface area contributed by atoms with Gasteiger partial charge in [-0.1, -0.05) is 19.9 Å². The zero-order valence-corrected chi connectivity index (χ0v) is 8.80. The van der Waals surface area contributed by atoms with Gasteiger partial charge in [0.15, 0.2) is 0 Å². The van der Waals surface area contributed by atoms with Crippen LogP contribution in [0.2, 0.25) is 0 Å². The number of fused-ring (bicyclic) bond motifs is 1. The number of halogens is 1. The summed E-state index contributed by atoms with van der Waals surface area (Å²) in [4.78, 5) is 4.31. The third-order valence-electron chi connectivity index (χ3n) is 2.28. The molecule has 0 radical (unpaired) electrons. The van der Waals surface area contributed by atoms with Crippen LogP contribution in [0.5, 0.6) is 0 Å². The van der Waals surface area contributed by atoms with Crippen LogP contribution in [0.3, 0.4) is 0 Å². The molecular weight excluding hydrogens is 216 g/mol. The molecule has 2 heterocycles. The van der Waals surface area contributed by atoms with E-state index in [9.17, 15) is 0 Å². The van der Waals surface area contributed by atoms with Crippen LogP contribution in [0.1, 0.15) is 19.4 Å². The lowest BCUT2D eigenvalue weighted by atomic mass is 9.88. The topological polar surface area (TPSA) is 16.1 Å². The minimum atomic E-state index is 0.215. The predicted molar refractivity (Wildman–Crippen MR) is 53.5 cm³/mol. The second-order valence-electron chi connectivity index (χ2n) is 3.78. The average molecular weight is 227 g/mol. The molecule has 0 N–H and O–H groups in total. The Morgan fingerprint density at radius 3 is 3.00 bits per heavy atom. The Morgan fingerprint density at radius 1 is 1.58 bits per heavy atom. The van der Waals surface area contributed by atoms with E-state index in [-0.39, 0.29) is 5.41 Å². The number of hydrogen-bond acceptors (Lipinski definition) is 2. The van der Waals surface area contributed by atoms with Gasteiger partial charge in [-0.2, -0.15) is 0 Å². The SMILES string of the molecule is CC1(C)CN(Br)c2ncccc21. The van der Waals surface area contributed by atoms with E-state index >= 15 is 0 Å². The van der Waals surface area contributed by atoms with E-state index in [2.05, 4.69) is 41.0 Å². The van der Waals surface area contributed by atoms with E-state index in [4.69, 9.17) is 0 Å². The zero-order valence-electron chi connectivity index (χ0n) is 7.21. The molecule has 1 aromatic heterocycles. The first-order valence-corrected chi connectivity index (χ1v) is 4.71. The molecule has 0 aliphatic carbocycles. The fraction of sp³-hybridized carbons (Fsp3) is 0.444. The van der Waals surface area contributed by atoms with Crippen molar-refractivity contribution in [3.63, 3.8) is 0 Å². The molecule has 0 spiro atoms. The van der Waals surface area contributed by atoms with Crippen LogP contribution in [0.15, 0.2) is 18.3 Å². The number of pyridine rings is 1. The zero-order chi connectivity index (χ0) is 8.77. The first-order valence-electron chi connectivity index (χ1n) is 4.00.